The van der Waals surface area contributed by atoms with Crippen molar-refractivity contribution < 1.29 is 14.4 Å². The van der Waals surface area contributed by atoms with Crippen LogP contribution in [0.2, 0.25) is 0 Å². The zero-order chi connectivity index (χ0) is 14.4. The lowest BCUT2D eigenvalue weighted by atomic mass is 10.0. The first-order valence-corrected chi connectivity index (χ1v) is 6.51. The minimum Gasteiger partial charge on any atom is -0.398 e. The topological polar surface area (TPSA) is 92.5 Å². The number of carbonyl (C=O) groups is 3. The number of amides is 3. The Kier molecular flexibility index (Phi) is 2.79. The molecule has 0 spiro atoms. The molecule has 0 bridgehead atoms. The molecule has 0 radical (unpaired) electrons. The van der Waals surface area contributed by atoms with Crippen molar-refractivity contribution in [3.05, 3.63) is 29.3 Å². The van der Waals surface area contributed by atoms with Gasteiger partial charge in [-0.25, -0.2) is 0 Å². The van der Waals surface area contributed by atoms with Crippen LogP contribution in [0.1, 0.15) is 28.8 Å². The SMILES string of the molecule is Nc1cccc2c1C(=S)N(C1CCC(=O)NC1=O)C2=O. The van der Waals surface area contributed by atoms with Gasteiger partial charge in [0.2, 0.25) is 11.8 Å². The molecule has 20 heavy (non-hydrogen) atoms. The van der Waals surface area contributed by atoms with Gasteiger partial charge in [-0.05, 0) is 18.6 Å². The van der Waals surface area contributed by atoms with Gasteiger partial charge in [-0.15, -0.1) is 0 Å². The number of nitrogens with one attached hydrogen (secondary N) is 1. The predicted octanol–water partition coefficient (Wildman–Crippen LogP) is 0.205. The van der Waals surface area contributed by atoms with E-state index in [2.05, 4.69) is 5.32 Å². The Hall–Kier alpha value is -2.28. The highest BCUT2D eigenvalue weighted by Gasteiger charge is 2.43. The lowest BCUT2D eigenvalue weighted by molar-refractivity contribution is -0.135. The van der Waals surface area contributed by atoms with Gasteiger partial charge in [-0.1, -0.05) is 18.3 Å². The Balaban J connectivity index is 2.00. The fourth-order valence-electron chi connectivity index (χ4n) is 2.54. The summed E-state index contributed by atoms with van der Waals surface area (Å²) in [6.07, 6.45) is 0.457. The van der Waals surface area contributed by atoms with E-state index in [1.165, 1.54) is 4.90 Å². The third-order valence-electron chi connectivity index (χ3n) is 3.50. The second-order valence-electron chi connectivity index (χ2n) is 4.72. The number of carbonyl (C=O) groups excluding carboxylic acids is 3. The minimum atomic E-state index is -0.750. The molecule has 1 aromatic rings. The van der Waals surface area contributed by atoms with Crippen LogP contribution >= 0.6 is 12.2 Å². The largest absolute Gasteiger partial charge is 0.398 e. The van der Waals surface area contributed by atoms with E-state index in [0.29, 0.717) is 16.8 Å². The molecule has 6 nitrogen and oxygen atoms in total. The minimum absolute atomic E-state index is 0.189. The van der Waals surface area contributed by atoms with Gasteiger partial charge in [-0.3, -0.25) is 24.6 Å². The van der Waals surface area contributed by atoms with Crippen molar-refractivity contribution in [2.75, 3.05) is 5.73 Å². The van der Waals surface area contributed by atoms with Crippen LogP contribution in [0.5, 0.6) is 0 Å². The van der Waals surface area contributed by atoms with Crippen LogP contribution in [0.15, 0.2) is 18.2 Å². The fraction of sp³-hybridized carbons (Fsp3) is 0.231. The predicted molar refractivity (Wildman–Crippen MR) is 74.9 cm³/mol. The van der Waals surface area contributed by atoms with Gasteiger partial charge in [0.1, 0.15) is 11.0 Å². The number of nitrogens with two attached hydrogens (primary N) is 1. The number of hydrogen-bond acceptors (Lipinski definition) is 5. The van der Waals surface area contributed by atoms with Crippen LogP contribution in [-0.4, -0.2) is 33.7 Å². The zero-order valence-corrected chi connectivity index (χ0v) is 11.2. The molecule has 7 heteroatoms. The smallest absolute Gasteiger partial charge is 0.260 e. The molecular weight excluding hydrogens is 278 g/mol. The highest BCUT2D eigenvalue weighted by Crippen LogP contribution is 2.31. The lowest BCUT2D eigenvalue weighted by Crippen LogP contribution is -2.54. The monoisotopic (exact) mass is 289 g/mol. The maximum Gasteiger partial charge on any atom is 0.260 e. The molecular formula is C13H11N3O3S. The number of nitrogen functional groups attached to an aromatic ring is 1. The second-order valence-corrected chi connectivity index (χ2v) is 5.10. The van der Waals surface area contributed by atoms with E-state index in [0.717, 1.165) is 0 Å². The average Bonchev–Trinajstić information content (AvgIpc) is 2.64. The quantitative estimate of drug-likeness (QED) is 0.438. The van der Waals surface area contributed by atoms with Gasteiger partial charge in [0.15, 0.2) is 0 Å². The molecule has 1 unspecified atom stereocenters. The molecule has 2 heterocycles. The van der Waals surface area contributed by atoms with Gasteiger partial charge < -0.3 is 5.73 Å². The third-order valence-corrected chi connectivity index (χ3v) is 3.90. The molecule has 2 aliphatic heterocycles. The number of thiocarbonyl (C=S) groups is 1. The first kappa shape index (κ1) is 12.7. The molecule has 1 saturated heterocycles. The highest BCUT2D eigenvalue weighted by atomic mass is 32.1. The van der Waals surface area contributed by atoms with Crippen molar-refractivity contribution in [1.29, 1.82) is 0 Å². The summed E-state index contributed by atoms with van der Waals surface area (Å²) in [6, 6.07) is 4.21. The molecule has 3 rings (SSSR count). The van der Waals surface area contributed by atoms with Crippen LogP contribution in [0.25, 0.3) is 0 Å². The molecule has 1 fully saturated rings. The summed E-state index contributed by atoms with van der Waals surface area (Å²) in [5.74, 6) is -1.17. The van der Waals surface area contributed by atoms with E-state index in [1.807, 2.05) is 0 Å². The molecule has 102 valence electrons. The van der Waals surface area contributed by atoms with Crippen LogP contribution < -0.4 is 11.1 Å². The number of anilines is 1. The van der Waals surface area contributed by atoms with Crippen LogP contribution in [-0.2, 0) is 9.59 Å². The second kappa shape index (κ2) is 4.38. The summed E-state index contributed by atoms with van der Waals surface area (Å²) >= 11 is 5.28. The molecule has 0 aromatic heterocycles. The maximum absolute atomic E-state index is 12.4. The summed E-state index contributed by atoms with van der Waals surface area (Å²) in [6.45, 7) is 0. The Labute approximate surface area is 119 Å². The number of nitrogens with zero attached hydrogens (tertiary/aromatic N) is 1. The van der Waals surface area contributed by atoms with E-state index in [4.69, 9.17) is 18.0 Å². The van der Waals surface area contributed by atoms with Crippen molar-refractivity contribution in [2.24, 2.45) is 0 Å². The molecule has 2 aliphatic rings. The van der Waals surface area contributed by atoms with E-state index >= 15 is 0 Å². The molecule has 1 atom stereocenters. The number of piperidine rings is 1. The first-order chi connectivity index (χ1) is 9.50. The van der Waals surface area contributed by atoms with Crippen molar-refractivity contribution in [3.63, 3.8) is 0 Å². The normalized spacial score (nSPS) is 22.0. The molecule has 0 saturated carbocycles. The van der Waals surface area contributed by atoms with E-state index in [-0.39, 0.29) is 29.6 Å². The summed E-state index contributed by atoms with van der Waals surface area (Å²) in [4.78, 5) is 37.0. The van der Waals surface area contributed by atoms with Crippen LogP contribution in [0, 0.1) is 0 Å². The van der Waals surface area contributed by atoms with E-state index in [1.54, 1.807) is 18.2 Å². The summed E-state index contributed by atoms with van der Waals surface area (Å²) < 4.78 is 0. The summed E-state index contributed by atoms with van der Waals surface area (Å²) in [5, 5.41) is 2.23. The van der Waals surface area contributed by atoms with E-state index < -0.39 is 11.9 Å². The van der Waals surface area contributed by atoms with Gasteiger partial charge in [0.25, 0.3) is 5.91 Å². The number of rotatable bonds is 1. The Morgan fingerprint density at radius 1 is 1.30 bits per heavy atom. The van der Waals surface area contributed by atoms with Crippen molar-refractivity contribution >= 4 is 40.6 Å². The Morgan fingerprint density at radius 2 is 2.05 bits per heavy atom. The number of fused-ring (bicyclic) bond motifs is 1. The third kappa shape index (κ3) is 1.70. The molecule has 1 aromatic carbocycles. The molecule has 0 aliphatic carbocycles. The van der Waals surface area contributed by atoms with Crippen molar-refractivity contribution in [1.82, 2.24) is 10.2 Å². The Bertz CT molecular complexity index is 671. The Morgan fingerprint density at radius 3 is 2.70 bits per heavy atom. The summed E-state index contributed by atoms with van der Waals surface area (Å²) in [7, 11) is 0. The van der Waals surface area contributed by atoms with Crippen LogP contribution in [0.3, 0.4) is 0 Å². The summed E-state index contributed by atoms with van der Waals surface area (Å²) in [5.41, 5.74) is 7.16. The van der Waals surface area contributed by atoms with Crippen molar-refractivity contribution in [3.8, 4) is 0 Å². The standard InChI is InChI=1S/C13H11N3O3S/c14-7-3-1-2-6-10(7)13(20)16(12(6)19)8-4-5-9(17)15-11(8)18/h1-3,8H,4-5,14H2,(H,15,17,18). The zero-order valence-electron chi connectivity index (χ0n) is 10.4. The van der Waals surface area contributed by atoms with Gasteiger partial charge in [0.05, 0.1) is 5.56 Å². The van der Waals surface area contributed by atoms with Gasteiger partial charge in [-0.2, -0.15) is 0 Å². The molecule has 3 amide bonds. The lowest BCUT2D eigenvalue weighted by Gasteiger charge is -2.29. The maximum atomic E-state index is 12.4. The van der Waals surface area contributed by atoms with E-state index in [9.17, 15) is 14.4 Å². The number of imide groups is 1. The highest BCUT2D eigenvalue weighted by molar-refractivity contribution is 7.80. The first-order valence-electron chi connectivity index (χ1n) is 6.11. The fourth-order valence-corrected chi connectivity index (χ4v) is 2.98. The number of hydrogen-bond donors (Lipinski definition) is 2. The van der Waals surface area contributed by atoms with Gasteiger partial charge >= 0.3 is 0 Å². The molecule has 3 N–H and O–H groups in total. The number of benzene rings is 1. The van der Waals surface area contributed by atoms with Crippen LogP contribution in [0.4, 0.5) is 5.69 Å². The van der Waals surface area contributed by atoms with Crippen molar-refractivity contribution in [2.45, 2.75) is 18.9 Å². The van der Waals surface area contributed by atoms with Gasteiger partial charge in [0, 0.05) is 17.7 Å². The average molecular weight is 289 g/mol.